The first-order valence-electron chi connectivity index (χ1n) is 7.00. The van der Waals surface area contributed by atoms with E-state index in [0.29, 0.717) is 23.9 Å². The average molecular weight is 267 g/mol. The van der Waals surface area contributed by atoms with Crippen molar-refractivity contribution in [2.45, 2.75) is 52.5 Å². The molecule has 0 bridgehead atoms. The Morgan fingerprint density at radius 2 is 1.84 bits per heavy atom. The van der Waals surface area contributed by atoms with Crippen LogP contribution in [0.2, 0.25) is 0 Å². The fourth-order valence-electron chi connectivity index (χ4n) is 1.63. The summed E-state index contributed by atoms with van der Waals surface area (Å²) in [6, 6.07) is 0.671. The minimum atomic E-state index is 0.332. The molecule has 0 aliphatic heterocycles. The van der Waals surface area contributed by atoms with Crippen LogP contribution in [0.1, 0.15) is 46.5 Å². The normalized spacial score (nSPS) is 12.0. The highest BCUT2D eigenvalue weighted by Gasteiger charge is 2.09. The van der Waals surface area contributed by atoms with Crippen LogP contribution in [0.4, 0.5) is 11.9 Å². The lowest BCUT2D eigenvalue weighted by Gasteiger charge is -2.14. The van der Waals surface area contributed by atoms with E-state index in [2.05, 4.69) is 46.4 Å². The van der Waals surface area contributed by atoms with E-state index < -0.39 is 0 Å². The van der Waals surface area contributed by atoms with E-state index in [1.807, 2.05) is 0 Å². The zero-order valence-corrected chi connectivity index (χ0v) is 12.4. The first-order chi connectivity index (χ1) is 9.19. The molecule has 0 amide bonds. The number of nitrogens with zero attached hydrogens (tertiary/aromatic N) is 3. The fourth-order valence-corrected chi connectivity index (χ4v) is 1.63. The summed E-state index contributed by atoms with van der Waals surface area (Å²) in [6.45, 7) is 7.24. The number of nitrogens with one attached hydrogen (secondary N) is 2. The van der Waals surface area contributed by atoms with E-state index in [9.17, 15) is 0 Å². The first-order valence-corrected chi connectivity index (χ1v) is 7.00. The van der Waals surface area contributed by atoms with E-state index in [1.54, 1.807) is 7.11 Å². The molecule has 1 atom stereocenters. The summed E-state index contributed by atoms with van der Waals surface area (Å²) in [5.74, 6) is 1.12. The Balaban J connectivity index is 2.69. The van der Waals surface area contributed by atoms with E-state index in [1.165, 1.54) is 12.8 Å². The predicted octanol–water partition coefficient (Wildman–Crippen LogP) is 2.69. The molecule has 0 fully saturated rings. The van der Waals surface area contributed by atoms with Gasteiger partial charge in [-0.05, 0) is 19.8 Å². The van der Waals surface area contributed by atoms with Gasteiger partial charge in [-0.15, -0.1) is 0 Å². The lowest BCUT2D eigenvalue weighted by atomic mass is 10.1. The Labute approximate surface area is 115 Å². The van der Waals surface area contributed by atoms with Crippen LogP contribution in [0.25, 0.3) is 0 Å². The molecular weight excluding hydrogens is 242 g/mol. The molecule has 1 aromatic rings. The van der Waals surface area contributed by atoms with Crippen molar-refractivity contribution in [1.29, 1.82) is 0 Å². The maximum atomic E-state index is 5.10. The Morgan fingerprint density at radius 1 is 1.11 bits per heavy atom. The third-order valence-electron chi connectivity index (χ3n) is 2.70. The van der Waals surface area contributed by atoms with Gasteiger partial charge in [0.1, 0.15) is 0 Å². The molecular formula is C13H25N5O. The summed E-state index contributed by atoms with van der Waals surface area (Å²) in [5, 5.41) is 6.43. The molecule has 0 aromatic carbocycles. The SMILES string of the molecule is CCCCC(C)Nc1nc(NCCC)nc(OC)n1. The Morgan fingerprint density at radius 3 is 2.47 bits per heavy atom. The van der Waals surface area contributed by atoms with Crippen LogP contribution in [0.5, 0.6) is 6.01 Å². The second kappa shape index (κ2) is 8.50. The number of hydrogen-bond donors (Lipinski definition) is 2. The molecule has 6 nitrogen and oxygen atoms in total. The van der Waals surface area contributed by atoms with Gasteiger partial charge < -0.3 is 15.4 Å². The van der Waals surface area contributed by atoms with Crippen LogP contribution in [-0.4, -0.2) is 34.6 Å². The summed E-state index contributed by atoms with van der Waals surface area (Å²) in [6.07, 6.45) is 4.50. The predicted molar refractivity (Wildman–Crippen MR) is 77.8 cm³/mol. The van der Waals surface area contributed by atoms with Crippen molar-refractivity contribution >= 4 is 11.9 Å². The van der Waals surface area contributed by atoms with Crippen LogP contribution >= 0.6 is 0 Å². The molecule has 6 heteroatoms. The zero-order valence-electron chi connectivity index (χ0n) is 12.4. The molecule has 0 saturated carbocycles. The van der Waals surface area contributed by atoms with E-state index in [4.69, 9.17) is 4.74 Å². The highest BCUT2D eigenvalue weighted by Crippen LogP contribution is 2.13. The van der Waals surface area contributed by atoms with Gasteiger partial charge in [0.2, 0.25) is 11.9 Å². The maximum Gasteiger partial charge on any atom is 0.322 e. The van der Waals surface area contributed by atoms with Crippen LogP contribution < -0.4 is 15.4 Å². The van der Waals surface area contributed by atoms with Crippen molar-refractivity contribution in [2.24, 2.45) is 0 Å². The van der Waals surface area contributed by atoms with Gasteiger partial charge >= 0.3 is 6.01 Å². The minimum Gasteiger partial charge on any atom is -0.467 e. The zero-order chi connectivity index (χ0) is 14.1. The molecule has 1 rings (SSSR count). The Bertz CT molecular complexity index is 372. The van der Waals surface area contributed by atoms with Gasteiger partial charge in [-0.3, -0.25) is 0 Å². The molecule has 0 aliphatic carbocycles. The van der Waals surface area contributed by atoms with Crippen molar-refractivity contribution in [3.05, 3.63) is 0 Å². The largest absolute Gasteiger partial charge is 0.467 e. The standard InChI is InChI=1S/C13H25N5O/c1-5-7-8-10(3)15-12-16-11(14-9-6-2)17-13(18-12)19-4/h10H,5-9H2,1-4H3,(H2,14,15,16,17,18). The van der Waals surface area contributed by atoms with E-state index >= 15 is 0 Å². The van der Waals surface area contributed by atoms with Crippen LogP contribution in [0, 0.1) is 0 Å². The number of aromatic nitrogens is 3. The Kier molecular flexibility index (Phi) is 6.92. The van der Waals surface area contributed by atoms with E-state index in [0.717, 1.165) is 19.4 Å². The topological polar surface area (TPSA) is 72.0 Å². The minimum absolute atomic E-state index is 0.332. The maximum absolute atomic E-state index is 5.10. The average Bonchev–Trinajstić information content (AvgIpc) is 2.42. The lowest BCUT2D eigenvalue weighted by Crippen LogP contribution is -2.18. The quantitative estimate of drug-likeness (QED) is 0.716. The number of unbranched alkanes of at least 4 members (excludes halogenated alkanes) is 1. The van der Waals surface area contributed by atoms with Gasteiger partial charge in [-0.1, -0.05) is 26.7 Å². The van der Waals surface area contributed by atoms with Gasteiger partial charge in [0, 0.05) is 12.6 Å². The highest BCUT2D eigenvalue weighted by atomic mass is 16.5. The summed E-state index contributed by atoms with van der Waals surface area (Å²) in [7, 11) is 1.56. The molecule has 19 heavy (non-hydrogen) atoms. The summed E-state index contributed by atoms with van der Waals surface area (Å²) in [5.41, 5.74) is 0. The molecule has 1 heterocycles. The number of hydrogen-bond acceptors (Lipinski definition) is 6. The summed E-state index contributed by atoms with van der Waals surface area (Å²) >= 11 is 0. The lowest BCUT2D eigenvalue weighted by molar-refractivity contribution is 0.379. The summed E-state index contributed by atoms with van der Waals surface area (Å²) < 4.78 is 5.10. The molecule has 1 aromatic heterocycles. The van der Waals surface area contributed by atoms with E-state index in [-0.39, 0.29) is 0 Å². The number of rotatable bonds is 9. The van der Waals surface area contributed by atoms with Crippen LogP contribution in [-0.2, 0) is 0 Å². The van der Waals surface area contributed by atoms with Crippen LogP contribution in [0.15, 0.2) is 0 Å². The molecule has 0 spiro atoms. The molecule has 0 saturated heterocycles. The second-order valence-corrected chi connectivity index (χ2v) is 4.58. The molecule has 0 radical (unpaired) electrons. The molecule has 2 N–H and O–H groups in total. The van der Waals surface area contributed by atoms with Gasteiger partial charge in [0.15, 0.2) is 0 Å². The highest BCUT2D eigenvalue weighted by molar-refractivity contribution is 5.36. The molecule has 108 valence electrons. The van der Waals surface area contributed by atoms with Crippen molar-refractivity contribution in [3.8, 4) is 6.01 Å². The fraction of sp³-hybridized carbons (Fsp3) is 0.769. The third-order valence-corrected chi connectivity index (χ3v) is 2.70. The summed E-state index contributed by atoms with van der Waals surface area (Å²) in [4.78, 5) is 12.7. The van der Waals surface area contributed by atoms with Crippen molar-refractivity contribution in [1.82, 2.24) is 15.0 Å². The number of ether oxygens (including phenoxy) is 1. The van der Waals surface area contributed by atoms with Crippen molar-refractivity contribution in [3.63, 3.8) is 0 Å². The smallest absolute Gasteiger partial charge is 0.322 e. The second-order valence-electron chi connectivity index (χ2n) is 4.58. The van der Waals surface area contributed by atoms with Crippen LogP contribution in [0.3, 0.4) is 0 Å². The Hall–Kier alpha value is -1.59. The van der Waals surface area contributed by atoms with Gasteiger partial charge in [-0.2, -0.15) is 15.0 Å². The molecule has 1 unspecified atom stereocenters. The first kappa shape index (κ1) is 15.5. The van der Waals surface area contributed by atoms with Crippen molar-refractivity contribution in [2.75, 3.05) is 24.3 Å². The van der Waals surface area contributed by atoms with Crippen molar-refractivity contribution < 1.29 is 4.74 Å². The van der Waals surface area contributed by atoms with Gasteiger partial charge in [0.05, 0.1) is 7.11 Å². The third kappa shape index (κ3) is 5.72. The monoisotopic (exact) mass is 267 g/mol. The number of anilines is 2. The number of methoxy groups -OCH3 is 1. The van der Waals surface area contributed by atoms with Gasteiger partial charge in [-0.25, -0.2) is 0 Å². The molecule has 0 aliphatic rings. The van der Waals surface area contributed by atoms with Gasteiger partial charge in [0.25, 0.3) is 0 Å².